The number of benzene rings is 1. The summed E-state index contributed by atoms with van der Waals surface area (Å²) in [5, 5.41) is 8.79. The average Bonchev–Trinajstić information content (AvgIpc) is 2.29. The van der Waals surface area contributed by atoms with Gasteiger partial charge in [-0.1, -0.05) is 0 Å². The monoisotopic (exact) mass is 265 g/mol. The van der Waals surface area contributed by atoms with Crippen LogP contribution in [0.2, 0.25) is 0 Å². The molecule has 96 valence electrons. The van der Waals surface area contributed by atoms with Crippen molar-refractivity contribution in [2.24, 2.45) is 0 Å². The molecule has 5 nitrogen and oxygen atoms in total. The number of nitrogens with two attached hydrogens (primary N) is 1. The molecule has 6 heteroatoms. The lowest BCUT2D eigenvalue weighted by Gasteiger charge is -2.35. The summed E-state index contributed by atoms with van der Waals surface area (Å²) in [5.41, 5.74) is 7.74. The molecule has 1 atom stereocenters. The maximum absolute atomic E-state index is 11.5. The Bertz CT molecular complexity index is 604. The summed E-state index contributed by atoms with van der Waals surface area (Å²) in [6.07, 6.45) is 0. The molecular weight excluding hydrogens is 250 g/mol. The molecule has 1 heterocycles. The summed E-state index contributed by atoms with van der Waals surface area (Å²) in [6.45, 7) is 2.31. The van der Waals surface area contributed by atoms with E-state index in [0.29, 0.717) is 17.8 Å². The van der Waals surface area contributed by atoms with E-state index >= 15 is 0 Å². The van der Waals surface area contributed by atoms with Crippen LogP contribution in [0, 0.1) is 11.3 Å². The second-order valence-corrected chi connectivity index (χ2v) is 6.77. The topological polar surface area (TPSA) is 87.2 Å². The van der Waals surface area contributed by atoms with Gasteiger partial charge < -0.3 is 10.6 Å². The van der Waals surface area contributed by atoms with Crippen LogP contribution in [0.15, 0.2) is 18.2 Å². The Kier molecular flexibility index (Phi) is 3.18. The van der Waals surface area contributed by atoms with E-state index in [-0.39, 0.29) is 17.5 Å². The highest BCUT2D eigenvalue weighted by Gasteiger charge is 2.29. The van der Waals surface area contributed by atoms with Crippen LogP contribution in [-0.2, 0) is 9.84 Å². The van der Waals surface area contributed by atoms with Crippen molar-refractivity contribution in [1.82, 2.24) is 0 Å². The number of hydrogen-bond acceptors (Lipinski definition) is 5. The first-order chi connectivity index (χ1) is 8.43. The van der Waals surface area contributed by atoms with Gasteiger partial charge in [0, 0.05) is 12.6 Å². The highest BCUT2D eigenvalue weighted by atomic mass is 32.2. The zero-order chi connectivity index (χ0) is 13.3. The standard InChI is InChI=1S/C12H15N3O2S/c1-9-8-18(16,17)5-4-15(9)12-3-2-10(7-13)6-11(12)14/h2-3,6,9H,4-5,8,14H2,1H3. The van der Waals surface area contributed by atoms with Crippen molar-refractivity contribution in [3.63, 3.8) is 0 Å². The van der Waals surface area contributed by atoms with Gasteiger partial charge in [-0.25, -0.2) is 8.42 Å². The lowest BCUT2D eigenvalue weighted by Crippen LogP contribution is -2.47. The molecular formula is C12H15N3O2S. The summed E-state index contributed by atoms with van der Waals surface area (Å²) in [4.78, 5) is 1.98. The van der Waals surface area contributed by atoms with Crippen LogP contribution in [0.25, 0.3) is 0 Å². The predicted molar refractivity (Wildman–Crippen MR) is 71.0 cm³/mol. The van der Waals surface area contributed by atoms with E-state index in [4.69, 9.17) is 11.0 Å². The van der Waals surface area contributed by atoms with Crippen LogP contribution in [0.5, 0.6) is 0 Å². The number of nitrogen functional groups attached to an aromatic ring is 1. The van der Waals surface area contributed by atoms with Crippen LogP contribution < -0.4 is 10.6 Å². The predicted octanol–water partition coefficient (Wildman–Crippen LogP) is 0.764. The third-order valence-electron chi connectivity index (χ3n) is 3.14. The molecule has 1 unspecified atom stereocenters. The number of hydrogen-bond donors (Lipinski definition) is 1. The second-order valence-electron chi connectivity index (χ2n) is 4.54. The van der Waals surface area contributed by atoms with E-state index in [2.05, 4.69) is 0 Å². The van der Waals surface area contributed by atoms with E-state index in [1.807, 2.05) is 17.9 Å². The fourth-order valence-corrected chi connectivity index (χ4v) is 3.80. The van der Waals surface area contributed by atoms with Crippen LogP contribution in [0.3, 0.4) is 0 Å². The van der Waals surface area contributed by atoms with Gasteiger partial charge in [0.1, 0.15) is 0 Å². The van der Waals surface area contributed by atoms with Gasteiger partial charge in [0.25, 0.3) is 0 Å². The molecule has 1 aromatic rings. The average molecular weight is 265 g/mol. The quantitative estimate of drug-likeness (QED) is 0.758. The van der Waals surface area contributed by atoms with E-state index in [0.717, 1.165) is 5.69 Å². The van der Waals surface area contributed by atoms with Gasteiger partial charge >= 0.3 is 0 Å². The minimum Gasteiger partial charge on any atom is -0.397 e. The normalized spacial score (nSPS) is 22.4. The summed E-state index contributed by atoms with van der Waals surface area (Å²) in [6, 6.07) is 7.02. The number of sulfone groups is 1. The van der Waals surface area contributed by atoms with Crippen molar-refractivity contribution in [2.75, 3.05) is 28.7 Å². The van der Waals surface area contributed by atoms with E-state index in [1.165, 1.54) is 0 Å². The minimum atomic E-state index is -2.93. The molecule has 0 amide bonds. The molecule has 2 N–H and O–H groups in total. The molecule has 0 spiro atoms. The number of nitriles is 1. The van der Waals surface area contributed by atoms with E-state index in [9.17, 15) is 8.42 Å². The Hall–Kier alpha value is -1.74. The number of nitrogens with zero attached hydrogens (tertiary/aromatic N) is 2. The smallest absolute Gasteiger partial charge is 0.154 e. The van der Waals surface area contributed by atoms with Gasteiger partial charge in [0.15, 0.2) is 9.84 Å². The Labute approximate surface area is 107 Å². The second kappa shape index (κ2) is 4.50. The Morgan fingerprint density at radius 2 is 2.22 bits per heavy atom. The van der Waals surface area contributed by atoms with Crippen molar-refractivity contribution in [1.29, 1.82) is 5.26 Å². The first kappa shape index (κ1) is 12.7. The third-order valence-corrected chi connectivity index (χ3v) is 4.93. The van der Waals surface area contributed by atoms with Crippen LogP contribution in [0.1, 0.15) is 12.5 Å². The first-order valence-electron chi connectivity index (χ1n) is 5.69. The highest BCUT2D eigenvalue weighted by molar-refractivity contribution is 7.91. The molecule has 1 aromatic carbocycles. The van der Waals surface area contributed by atoms with Crippen molar-refractivity contribution in [2.45, 2.75) is 13.0 Å². The molecule has 0 aromatic heterocycles. The lowest BCUT2D eigenvalue weighted by molar-refractivity contribution is 0.568. The van der Waals surface area contributed by atoms with Crippen molar-refractivity contribution in [3.05, 3.63) is 23.8 Å². The molecule has 0 bridgehead atoms. The molecule has 2 rings (SSSR count). The number of rotatable bonds is 1. The lowest BCUT2D eigenvalue weighted by atomic mass is 10.1. The van der Waals surface area contributed by atoms with E-state index in [1.54, 1.807) is 18.2 Å². The van der Waals surface area contributed by atoms with Gasteiger partial charge in [-0.15, -0.1) is 0 Å². The van der Waals surface area contributed by atoms with Crippen molar-refractivity contribution < 1.29 is 8.42 Å². The summed E-state index contributed by atoms with van der Waals surface area (Å²) in [7, 11) is -2.93. The van der Waals surface area contributed by atoms with Crippen molar-refractivity contribution >= 4 is 21.2 Å². The maximum Gasteiger partial charge on any atom is 0.154 e. The van der Waals surface area contributed by atoms with Crippen LogP contribution >= 0.6 is 0 Å². The zero-order valence-electron chi connectivity index (χ0n) is 10.1. The summed E-state index contributed by atoms with van der Waals surface area (Å²) < 4.78 is 23.0. The van der Waals surface area contributed by atoms with E-state index < -0.39 is 9.84 Å². The molecule has 18 heavy (non-hydrogen) atoms. The minimum absolute atomic E-state index is 0.0982. The Balaban J connectivity index is 2.31. The fraction of sp³-hybridized carbons (Fsp3) is 0.417. The van der Waals surface area contributed by atoms with Crippen LogP contribution in [0.4, 0.5) is 11.4 Å². The largest absolute Gasteiger partial charge is 0.397 e. The zero-order valence-corrected chi connectivity index (χ0v) is 10.9. The molecule has 1 saturated heterocycles. The van der Waals surface area contributed by atoms with Gasteiger partial charge in [0.2, 0.25) is 0 Å². The molecule has 1 aliphatic rings. The third kappa shape index (κ3) is 2.41. The van der Waals surface area contributed by atoms with Gasteiger partial charge in [-0.3, -0.25) is 0 Å². The Morgan fingerprint density at radius 3 is 2.78 bits per heavy atom. The first-order valence-corrected chi connectivity index (χ1v) is 7.52. The van der Waals surface area contributed by atoms with Crippen molar-refractivity contribution in [3.8, 4) is 6.07 Å². The van der Waals surface area contributed by atoms with Gasteiger partial charge in [-0.05, 0) is 25.1 Å². The molecule has 1 aliphatic heterocycles. The maximum atomic E-state index is 11.5. The Morgan fingerprint density at radius 1 is 1.50 bits per heavy atom. The highest BCUT2D eigenvalue weighted by Crippen LogP contribution is 2.28. The number of anilines is 2. The van der Waals surface area contributed by atoms with Crippen LogP contribution in [-0.4, -0.2) is 32.5 Å². The summed E-state index contributed by atoms with van der Waals surface area (Å²) >= 11 is 0. The van der Waals surface area contributed by atoms with Gasteiger partial charge in [0.05, 0.1) is 34.5 Å². The summed E-state index contributed by atoms with van der Waals surface area (Å²) in [5.74, 6) is 0.295. The van der Waals surface area contributed by atoms with Gasteiger partial charge in [-0.2, -0.15) is 5.26 Å². The molecule has 0 aliphatic carbocycles. The molecule has 1 fully saturated rings. The SMILES string of the molecule is CC1CS(=O)(=O)CCN1c1ccc(C#N)cc1N. The molecule has 0 saturated carbocycles. The fourth-order valence-electron chi connectivity index (χ4n) is 2.24. The molecule has 0 radical (unpaired) electrons.